The molecule has 0 aliphatic heterocycles. The van der Waals surface area contributed by atoms with Crippen LogP contribution in [-0.2, 0) is 4.79 Å². The van der Waals surface area contributed by atoms with Crippen LogP contribution in [-0.4, -0.2) is 31.0 Å². The van der Waals surface area contributed by atoms with Crippen molar-refractivity contribution in [3.05, 3.63) is 24.1 Å². The molecule has 4 nitrogen and oxygen atoms in total. The number of likely N-dealkylation sites (N-methyl/N-ethyl adjacent to an activating group) is 2. The van der Waals surface area contributed by atoms with E-state index in [0.29, 0.717) is 12.4 Å². The number of pyridine rings is 1. The summed E-state index contributed by atoms with van der Waals surface area (Å²) in [7, 11) is 1.69. The van der Waals surface area contributed by atoms with E-state index < -0.39 is 5.95 Å². The lowest BCUT2D eigenvalue weighted by molar-refractivity contribution is -0.119. The fraction of sp³-hybridized carbons (Fsp3) is 0.400. The molecular formula is C10H14FN3O. The van der Waals surface area contributed by atoms with Gasteiger partial charge in [-0.05, 0) is 19.1 Å². The molecule has 1 heterocycles. The predicted octanol–water partition coefficient (Wildman–Crippen LogP) is 0.793. The van der Waals surface area contributed by atoms with Gasteiger partial charge in [-0.2, -0.15) is 4.39 Å². The first-order chi connectivity index (χ1) is 7.13. The van der Waals surface area contributed by atoms with Crippen LogP contribution in [0.5, 0.6) is 0 Å². The average Bonchev–Trinajstić information content (AvgIpc) is 2.18. The zero-order valence-corrected chi connectivity index (χ0v) is 8.83. The summed E-state index contributed by atoms with van der Waals surface area (Å²) in [5.41, 5.74) is 0. The van der Waals surface area contributed by atoms with Gasteiger partial charge in [-0.25, -0.2) is 4.98 Å². The second-order valence-electron chi connectivity index (χ2n) is 3.13. The van der Waals surface area contributed by atoms with E-state index >= 15 is 0 Å². The zero-order chi connectivity index (χ0) is 11.3. The van der Waals surface area contributed by atoms with Crippen LogP contribution < -0.4 is 10.2 Å². The average molecular weight is 211 g/mol. The Morgan fingerprint density at radius 2 is 2.33 bits per heavy atom. The SMILES string of the molecule is CCNC(=O)CN(C)c1cccc(F)n1. The fourth-order valence-corrected chi connectivity index (χ4v) is 1.16. The summed E-state index contributed by atoms with van der Waals surface area (Å²) in [4.78, 5) is 16.5. The maximum Gasteiger partial charge on any atom is 0.239 e. The Hall–Kier alpha value is -1.65. The van der Waals surface area contributed by atoms with E-state index in [-0.39, 0.29) is 12.5 Å². The normalized spacial score (nSPS) is 9.80. The van der Waals surface area contributed by atoms with Gasteiger partial charge >= 0.3 is 0 Å². The van der Waals surface area contributed by atoms with Gasteiger partial charge in [0.2, 0.25) is 11.9 Å². The molecule has 1 N–H and O–H groups in total. The van der Waals surface area contributed by atoms with Crippen molar-refractivity contribution in [2.45, 2.75) is 6.92 Å². The highest BCUT2D eigenvalue weighted by Gasteiger charge is 2.07. The van der Waals surface area contributed by atoms with Crippen LogP contribution in [0.4, 0.5) is 10.2 Å². The van der Waals surface area contributed by atoms with Crippen LogP contribution in [0.15, 0.2) is 18.2 Å². The third kappa shape index (κ3) is 3.53. The molecule has 0 unspecified atom stereocenters. The number of amides is 1. The smallest absolute Gasteiger partial charge is 0.239 e. The number of hydrogen-bond acceptors (Lipinski definition) is 3. The summed E-state index contributed by atoms with van der Waals surface area (Å²) < 4.78 is 12.8. The largest absolute Gasteiger partial charge is 0.355 e. The second-order valence-corrected chi connectivity index (χ2v) is 3.13. The van der Waals surface area contributed by atoms with Crippen LogP contribution in [0, 0.1) is 5.95 Å². The van der Waals surface area contributed by atoms with Crippen molar-refractivity contribution in [3.63, 3.8) is 0 Å². The van der Waals surface area contributed by atoms with Gasteiger partial charge in [-0.3, -0.25) is 4.79 Å². The minimum Gasteiger partial charge on any atom is -0.355 e. The Kier molecular flexibility index (Phi) is 4.03. The van der Waals surface area contributed by atoms with Gasteiger partial charge in [0.15, 0.2) is 0 Å². The molecule has 1 rings (SSSR count). The first kappa shape index (κ1) is 11.4. The van der Waals surface area contributed by atoms with E-state index in [9.17, 15) is 9.18 Å². The molecule has 0 bridgehead atoms. The monoisotopic (exact) mass is 211 g/mol. The Labute approximate surface area is 88.1 Å². The molecule has 1 aromatic rings. The minimum absolute atomic E-state index is 0.105. The Bertz CT molecular complexity index is 343. The van der Waals surface area contributed by atoms with Crippen LogP contribution in [0.3, 0.4) is 0 Å². The number of nitrogens with one attached hydrogen (secondary N) is 1. The van der Waals surface area contributed by atoms with E-state index in [4.69, 9.17) is 0 Å². The van der Waals surface area contributed by atoms with E-state index in [1.165, 1.54) is 6.07 Å². The first-order valence-corrected chi connectivity index (χ1v) is 4.74. The molecule has 5 heteroatoms. The van der Waals surface area contributed by atoms with E-state index in [0.717, 1.165) is 0 Å². The molecule has 0 aliphatic carbocycles. The van der Waals surface area contributed by atoms with Crippen molar-refractivity contribution in [1.82, 2.24) is 10.3 Å². The van der Waals surface area contributed by atoms with Gasteiger partial charge in [0.1, 0.15) is 5.82 Å². The summed E-state index contributed by atoms with van der Waals surface area (Å²) >= 11 is 0. The summed E-state index contributed by atoms with van der Waals surface area (Å²) in [5, 5.41) is 2.66. The van der Waals surface area contributed by atoms with Gasteiger partial charge in [-0.1, -0.05) is 6.07 Å². The molecule has 0 aromatic carbocycles. The van der Waals surface area contributed by atoms with Gasteiger partial charge in [0, 0.05) is 13.6 Å². The number of hydrogen-bond donors (Lipinski definition) is 1. The number of nitrogens with zero attached hydrogens (tertiary/aromatic N) is 2. The summed E-state index contributed by atoms with van der Waals surface area (Å²) in [6.07, 6.45) is 0. The molecule has 0 spiro atoms. The third-order valence-corrected chi connectivity index (χ3v) is 1.85. The maximum atomic E-state index is 12.8. The van der Waals surface area contributed by atoms with E-state index in [2.05, 4.69) is 10.3 Å². The lowest BCUT2D eigenvalue weighted by Gasteiger charge is -2.16. The first-order valence-electron chi connectivity index (χ1n) is 4.74. The van der Waals surface area contributed by atoms with Gasteiger partial charge in [0.25, 0.3) is 0 Å². The number of carbonyl (C=O) groups is 1. The molecule has 0 radical (unpaired) electrons. The van der Waals surface area contributed by atoms with Crippen LogP contribution in [0.2, 0.25) is 0 Å². The minimum atomic E-state index is -0.546. The van der Waals surface area contributed by atoms with Crippen LogP contribution >= 0.6 is 0 Å². The lowest BCUT2D eigenvalue weighted by Crippen LogP contribution is -2.35. The van der Waals surface area contributed by atoms with Crippen molar-refractivity contribution < 1.29 is 9.18 Å². The second kappa shape index (κ2) is 5.29. The van der Waals surface area contributed by atoms with Crippen molar-refractivity contribution in [3.8, 4) is 0 Å². The Balaban J connectivity index is 2.60. The predicted molar refractivity (Wildman–Crippen MR) is 56.1 cm³/mol. The molecular weight excluding hydrogens is 197 g/mol. The number of halogens is 1. The fourth-order valence-electron chi connectivity index (χ4n) is 1.16. The van der Waals surface area contributed by atoms with Crippen molar-refractivity contribution in [1.29, 1.82) is 0 Å². The third-order valence-electron chi connectivity index (χ3n) is 1.85. The molecule has 0 atom stereocenters. The van der Waals surface area contributed by atoms with Crippen LogP contribution in [0.25, 0.3) is 0 Å². The Morgan fingerprint density at radius 3 is 2.93 bits per heavy atom. The number of aromatic nitrogens is 1. The summed E-state index contributed by atoms with van der Waals surface area (Å²) in [5.74, 6) is -0.206. The van der Waals surface area contributed by atoms with Crippen LogP contribution in [0.1, 0.15) is 6.92 Å². The molecule has 15 heavy (non-hydrogen) atoms. The topological polar surface area (TPSA) is 45.2 Å². The molecule has 0 fully saturated rings. The highest BCUT2D eigenvalue weighted by atomic mass is 19.1. The number of carbonyl (C=O) groups excluding carboxylic acids is 1. The van der Waals surface area contributed by atoms with E-state index in [1.54, 1.807) is 24.1 Å². The summed E-state index contributed by atoms with van der Waals surface area (Å²) in [6.45, 7) is 2.60. The lowest BCUT2D eigenvalue weighted by atomic mass is 10.4. The number of rotatable bonds is 4. The van der Waals surface area contributed by atoms with Crippen molar-refractivity contribution >= 4 is 11.7 Å². The van der Waals surface area contributed by atoms with Crippen molar-refractivity contribution in [2.75, 3.05) is 25.0 Å². The Morgan fingerprint density at radius 1 is 1.60 bits per heavy atom. The molecule has 1 aromatic heterocycles. The quantitative estimate of drug-likeness (QED) is 0.749. The van der Waals surface area contributed by atoms with Gasteiger partial charge in [0.05, 0.1) is 6.54 Å². The van der Waals surface area contributed by atoms with Gasteiger partial charge in [-0.15, -0.1) is 0 Å². The molecule has 0 saturated heterocycles. The van der Waals surface area contributed by atoms with Crippen molar-refractivity contribution in [2.24, 2.45) is 0 Å². The maximum absolute atomic E-state index is 12.8. The molecule has 0 saturated carbocycles. The highest BCUT2D eigenvalue weighted by Crippen LogP contribution is 2.07. The molecule has 1 amide bonds. The van der Waals surface area contributed by atoms with Gasteiger partial charge < -0.3 is 10.2 Å². The highest BCUT2D eigenvalue weighted by molar-refractivity contribution is 5.80. The molecule has 82 valence electrons. The standard InChI is InChI=1S/C10H14FN3O/c1-3-12-10(15)7-14(2)9-6-4-5-8(11)13-9/h4-6H,3,7H2,1-2H3,(H,12,15). The molecule has 0 aliphatic rings. The zero-order valence-electron chi connectivity index (χ0n) is 8.83. The van der Waals surface area contributed by atoms with E-state index in [1.807, 2.05) is 6.92 Å². The number of anilines is 1. The summed E-state index contributed by atoms with van der Waals surface area (Å²) in [6, 6.07) is 4.48.